The first-order valence-corrected chi connectivity index (χ1v) is 9.24. The van der Waals surface area contributed by atoms with Gasteiger partial charge in [-0.1, -0.05) is 0 Å². The van der Waals surface area contributed by atoms with Gasteiger partial charge in [0.2, 0.25) is 0 Å². The maximum atomic E-state index is 12.0. The number of hydrogen-bond donors (Lipinski definition) is 3. The Bertz CT molecular complexity index is 1230. The molecule has 0 saturated carbocycles. The molecule has 0 fully saturated rings. The van der Waals surface area contributed by atoms with E-state index in [0.717, 1.165) is 11.3 Å². The van der Waals surface area contributed by atoms with Crippen LogP contribution in [0.2, 0.25) is 0 Å². The fourth-order valence-electron chi connectivity index (χ4n) is 3.27. The SMILES string of the molecule is CCOc1ccc(-c2[nH]nc3nc(-c4ccc(O)c(OC)c4)cc(C(=O)O)c23)cc1. The number of aromatic nitrogens is 3. The summed E-state index contributed by atoms with van der Waals surface area (Å²) in [6, 6.07) is 13.5. The zero-order chi connectivity index (χ0) is 21.3. The second kappa shape index (κ2) is 7.75. The normalized spacial score (nSPS) is 10.9. The predicted molar refractivity (Wildman–Crippen MR) is 111 cm³/mol. The number of rotatable bonds is 6. The van der Waals surface area contributed by atoms with Gasteiger partial charge in [-0.05, 0) is 55.5 Å². The second-order valence-electron chi connectivity index (χ2n) is 6.50. The highest BCUT2D eigenvalue weighted by molar-refractivity contribution is 6.08. The number of benzene rings is 2. The standard InChI is InChI=1S/C22H19N3O5/c1-3-30-14-7-4-12(5-8-14)20-19-15(22(27)28)11-16(23-21(19)25-24-20)13-6-9-17(26)18(10-13)29-2/h4-11,26H,3H2,1-2H3,(H,27,28)(H,23,24,25). The van der Waals surface area contributed by atoms with Crippen molar-refractivity contribution >= 4 is 17.0 Å². The molecule has 30 heavy (non-hydrogen) atoms. The van der Waals surface area contributed by atoms with Crippen LogP contribution in [0, 0.1) is 0 Å². The summed E-state index contributed by atoms with van der Waals surface area (Å²) in [6.45, 7) is 2.46. The molecule has 0 aliphatic heterocycles. The monoisotopic (exact) mass is 405 g/mol. The molecule has 0 spiro atoms. The predicted octanol–water partition coefficient (Wildman–Crippen LogP) is 4.10. The molecule has 0 saturated heterocycles. The Kier molecular flexibility index (Phi) is 4.97. The van der Waals surface area contributed by atoms with Crippen LogP contribution in [0.25, 0.3) is 33.5 Å². The quantitative estimate of drug-likeness (QED) is 0.442. The number of ether oxygens (including phenoxy) is 2. The lowest BCUT2D eigenvalue weighted by atomic mass is 10.0. The van der Waals surface area contributed by atoms with E-state index in [1.165, 1.54) is 19.2 Å². The van der Waals surface area contributed by atoms with Crippen molar-refractivity contribution in [2.75, 3.05) is 13.7 Å². The van der Waals surface area contributed by atoms with Gasteiger partial charge in [-0.15, -0.1) is 0 Å². The molecular weight excluding hydrogens is 386 g/mol. The molecule has 0 unspecified atom stereocenters. The van der Waals surface area contributed by atoms with Crippen LogP contribution in [0.3, 0.4) is 0 Å². The summed E-state index contributed by atoms with van der Waals surface area (Å²) in [4.78, 5) is 16.6. The number of carboxylic acids is 1. The Labute approximate surface area is 171 Å². The van der Waals surface area contributed by atoms with Gasteiger partial charge in [0.1, 0.15) is 5.75 Å². The molecule has 0 radical (unpaired) electrons. The first-order valence-electron chi connectivity index (χ1n) is 9.24. The van der Waals surface area contributed by atoms with Crippen molar-refractivity contribution in [3.8, 4) is 39.8 Å². The minimum atomic E-state index is -1.09. The van der Waals surface area contributed by atoms with Crippen molar-refractivity contribution < 1.29 is 24.5 Å². The molecule has 4 aromatic rings. The lowest BCUT2D eigenvalue weighted by Gasteiger charge is -2.08. The zero-order valence-corrected chi connectivity index (χ0v) is 16.3. The molecule has 2 heterocycles. The number of H-pyrrole nitrogens is 1. The molecule has 0 aliphatic rings. The van der Waals surface area contributed by atoms with Gasteiger partial charge < -0.3 is 19.7 Å². The summed E-state index contributed by atoms with van der Waals surface area (Å²) >= 11 is 0. The minimum absolute atomic E-state index is 0.0154. The van der Waals surface area contributed by atoms with Crippen molar-refractivity contribution in [3.63, 3.8) is 0 Å². The highest BCUT2D eigenvalue weighted by atomic mass is 16.5. The van der Waals surface area contributed by atoms with Gasteiger partial charge in [-0.25, -0.2) is 9.78 Å². The Morgan fingerprint density at radius 1 is 1.10 bits per heavy atom. The number of phenolic OH excluding ortho intramolecular Hbond substituents is 1. The lowest BCUT2D eigenvalue weighted by molar-refractivity contribution is 0.0699. The van der Waals surface area contributed by atoms with Crippen molar-refractivity contribution in [1.29, 1.82) is 0 Å². The molecule has 8 heteroatoms. The van der Waals surface area contributed by atoms with E-state index >= 15 is 0 Å². The average molecular weight is 405 g/mol. The molecule has 0 atom stereocenters. The number of carbonyl (C=O) groups is 1. The van der Waals surface area contributed by atoms with E-state index in [1.807, 2.05) is 31.2 Å². The summed E-state index contributed by atoms with van der Waals surface area (Å²) < 4.78 is 10.6. The number of fused-ring (bicyclic) bond motifs is 1. The number of phenols is 1. The van der Waals surface area contributed by atoms with Crippen LogP contribution in [-0.4, -0.2) is 45.1 Å². The molecular formula is C22H19N3O5. The van der Waals surface area contributed by atoms with E-state index in [1.54, 1.807) is 12.1 Å². The Morgan fingerprint density at radius 3 is 2.50 bits per heavy atom. The minimum Gasteiger partial charge on any atom is -0.504 e. The average Bonchev–Trinajstić information content (AvgIpc) is 3.18. The van der Waals surface area contributed by atoms with Crippen LogP contribution in [0.15, 0.2) is 48.5 Å². The number of nitrogens with one attached hydrogen (secondary N) is 1. The van der Waals surface area contributed by atoms with E-state index in [2.05, 4.69) is 15.2 Å². The summed E-state index contributed by atoms with van der Waals surface area (Å²) in [5.41, 5.74) is 2.68. The van der Waals surface area contributed by atoms with Crippen LogP contribution < -0.4 is 9.47 Å². The van der Waals surface area contributed by atoms with Gasteiger partial charge in [0.05, 0.1) is 36.1 Å². The Morgan fingerprint density at radius 2 is 1.83 bits per heavy atom. The molecule has 152 valence electrons. The smallest absolute Gasteiger partial charge is 0.336 e. The van der Waals surface area contributed by atoms with Crippen molar-refractivity contribution in [1.82, 2.24) is 15.2 Å². The number of aromatic carboxylic acids is 1. The Hall–Kier alpha value is -4.07. The van der Waals surface area contributed by atoms with Gasteiger partial charge in [0.15, 0.2) is 17.1 Å². The number of carboxylic acid groups (broad SMARTS) is 1. The Balaban J connectivity index is 1.86. The molecule has 3 N–H and O–H groups in total. The summed E-state index contributed by atoms with van der Waals surface area (Å²) in [6.07, 6.45) is 0. The summed E-state index contributed by atoms with van der Waals surface area (Å²) in [5, 5.41) is 27.2. The first-order chi connectivity index (χ1) is 14.5. The van der Waals surface area contributed by atoms with Crippen molar-refractivity contribution in [2.24, 2.45) is 0 Å². The number of nitrogens with zero attached hydrogens (tertiary/aromatic N) is 2. The zero-order valence-electron chi connectivity index (χ0n) is 16.3. The van der Waals surface area contributed by atoms with Gasteiger partial charge in [-0.3, -0.25) is 5.10 Å². The fourth-order valence-corrected chi connectivity index (χ4v) is 3.27. The van der Waals surface area contributed by atoms with Gasteiger partial charge in [0.25, 0.3) is 0 Å². The van der Waals surface area contributed by atoms with Crippen molar-refractivity contribution in [2.45, 2.75) is 6.92 Å². The number of hydrogen-bond acceptors (Lipinski definition) is 6. The topological polar surface area (TPSA) is 118 Å². The molecule has 2 aromatic heterocycles. The molecule has 2 aromatic carbocycles. The van der Waals surface area contributed by atoms with E-state index in [4.69, 9.17) is 9.47 Å². The molecule has 8 nitrogen and oxygen atoms in total. The lowest BCUT2D eigenvalue weighted by Crippen LogP contribution is -2.00. The maximum Gasteiger partial charge on any atom is 0.336 e. The van der Waals surface area contributed by atoms with Crippen LogP contribution in [0.5, 0.6) is 17.2 Å². The highest BCUT2D eigenvalue weighted by Gasteiger charge is 2.20. The number of pyridine rings is 1. The van der Waals surface area contributed by atoms with Gasteiger partial charge in [-0.2, -0.15) is 5.10 Å². The van der Waals surface area contributed by atoms with Crippen LogP contribution in [0.4, 0.5) is 0 Å². The van der Waals surface area contributed by atoms with E-state index in [0.29, 0.717) is 28.9 Å². The number of aromatic amines is 1. The molecule has 0 bridgehead atoms. The van der Waals surface area contributed by atoms with Crippen molar-refractivity contribution in [3.05, 3.63) is 54.1 Å². The largest absolute Gasteiger partial charge is 0.504 e. The van der Waals surface area contributed by atoms with Gasteiger partial charge in [0, 0.05) is 11.1 Å². The fraction of sp³-hybridized carbons (Fsp3) is 0.136. The third kappa shape index (κ3) is 3.39. The molecule has 0 amide bonds. The number of methoxy groups -OCH3 is 1. The van der Waals surface area contributed by atoms with E-state index in [-0.39, 0.29) is 22.7 Å². The molecule has 0 aliphatic carbocycles. The second-order valence-corrected chi connectivity index (χ2v) is 6.50. The van der Waals surface area contributed by atoms with Crippen LogP contribution >= 0.6 is 0 Å². The summed E-state index contributed by atoms with van der Waals surface area (Å²) in [7, 11) is 1.44. The number of aromatic hydroxyl groups is 1. The van der Waals surface area contributed by atoms with Crippen LogP contribution in [0.1, 0.15) is 17.3 Å². The van der Waals surface area contributed by atoms with E-state index in [9.17, 15) is 15.0 Å². The summed E-state index contributed by atoms with van der Waals surface area (Å²) in [5.74, 6) is -0.116. The third-order valence-corrected chi connectivity index (χ3v) is 4.68. The van der Waals surface area contributed by atoms with Crippen LogP contribution in [-0.2, 0) is 0 Å². The third-order valence-electron chi connectivity index (χ3n) is 4.68. The maximum absolute atomic E-state index is 12.0. The van der Waals surface area contributed by atoms with E-state index < -0.39 is 5.97 Å². The van der Waals surface area contributed by atoms with Gasteiger partial charge >= 0.3 is 5.97 Å². The highest BCUT2D eigenvalue weighted by Crippen LogP contribution is 2.35. The molecule has 4 rings (SSSR count). The first kappa shape index (κ1) is 19.3.